The van der Waals surface area contributed by atoms with E-state index in [-0.39, 0.29) is 11.9 Å². The first-order valence-electron chi connectivity index (χ1n) is 5.74. The first kappa shape index (κ1) is 13.1. The van der Waals surface area contributed by atoms with Crippen molar-refractivity contribution in [3.05, 3.63) is 42.0 Å². The van der Waals surface area contributed by atoms with Crippen molar-refractivity contribution in [3.8, 4) is 0 Å². The third-order valence-electron chi connectivity index (χ3n) is 2.86. The summed E-state index contributed by atoms with van der Waals surface area (Å²) in [6.07, 6.45) is 3.62. The number of halogens is 1. The van der Waals surface area contributed by atoms with Crippen LogP contribution in [0.2, 0.25) is 0 Å². The Morgan fingerprint density at radius 3 is 2.83 bits per heavy atom. The quantitative estimate of drug-likeness (QED) is 0.921. The number of rotatable bonds is 4. The van der Waals surface area contributed by atoms with Crippen LogP contribution in [0.25, 0.3) is 0 Å². The number of hydrogen-bond donors (Lipinski definition) is 1. The van der Waals surface area contributed by atoms with E-state index in [1.54, 1.807) is 12.3 Å². The van der Waals surface area contributed by atoms with Gasteiger partial charge >= 0.3 is 0 Å². The standard InChI is InChI=1S/C13H16FN3S/c1-9(15-2)12-10(14)5-4-6-11(12)18-13-16-7-8-17(13)3/h4-9,15H,1-3H3. The fourth-order valence-electron chi connectivity index (χ4n) is 1.72. The van der Waals surface area contributed by atoms with Crippen molar-refractivity contribution in [1.29, 1.82) is 0 Å². The Hall–Kier alpha value is -1.33. The van der Waals surface area contributed by atoms with E-state index in [2.05, 4.69) is 10.3 Å². The Balaban J connectivity index is 2.39. The molecule has 0 saturated carbocycles. The lowest BCUT2D eigenvalue weighted by atomic mass is 10.1. The minimum absolute atomic E-state index is 0.0334. The number of imidazole rings is 1. The summed E-state index contributed by atoms with van der Waals surface area (Å²) < 4.78 is 15.9. The van der Waals surface area contributed by atoms with Gasteiger partial charge in [-0.3, -0.25) is 0 Å². The molecule has 0 fully saturated rings. The Labute approximate surface area is 110 Å². The summed E-state index contributed by atoms with van der Waals surface area (Å²) in [7, 11) is 3.75. The predicted octanol–water partition coefficient (Wildman–Crippen LogP) is 2.99. The summed E-state index contributed by atoms with van der Waals surface area (Å²) >= 11 is 1.48. The number of benzene rings is 1. The third-order valence-corrected chi connectivity index (χ3v) is 4.01. The highest BCUT2D eigenvalue weighted by molar-refractivity contribution is 7.99. The summed E-state index contributed by atoms with van der Waals surface area (Å²) in [5, 5.41) is 3.93. The highest BCUT2D eigenvalue weighted by atomic mass is 32.2. The zero-order chi connectivity index (χ0) is 13.1. The summed E-state index contributed by atoms with van der Waals surface area (Å²) in [6, 6.07) is 5.11. The minimum atomic E-state index is -0.184. The van der Waals surface area contributed by atoms with E-state index in [1.807, 2.05) is 37.8 Å². The van der Waals surface area contributed by atoms with Gasteiger partial charge in [-0.05, 0) is 26.1 Å². The van der Waals surface area contributed by atoms with E-state index in [1.165, 1.54) is 17.8 Å². The van der Waals surface area contributed by atoms with Gasteiger partial charge in [0.1, 0.15) is 5.82 Å². The van der Waals surface area contributed by atoms with E-state index < -0.39 is 0 Å². The molecule has 0 aliphatic rings. The van der Waals surface area contributed by atoms with Gasteiger partial charge in [-0.25, -0.2) is 9.37 Å². The van der Waals surface area contributed by atoms with Crippen LogP contribution in [-0.2, 0) is 7.05 Å². The predicted molar refractivity (Wildman–Crippen MR) is 71.2 cm³/mol. The number of aromatic nitrogens is 2. The van der Waals surface area contributed by atoms with Crippen LogP contribution < -0.4 is 5.32 Å². The fourth-order valence-corrected chi connectivity index (χ4v) is 2.77. The van der Waals surface area contributed by atoms with E-state index in [4.69, 9.17) is 0 Å². The molecule has 0 amide bonds. The van der Waals surface area contributed by atoms with Crippen LogP contribution in [0.1, 0.15) is 18.5 Å². The SMILES string of the molecule is CNC(C)c1c(F)cccc1Sc1nccn1C. The van der Waals surface area contributed by atoms with E-state index in [0.717, 1.165) is 10.1 Å². The van der Waals surface area contributed by atoms with Crippen molar-refractivity contribution < 1.29 is 4.39 Å². The van der Waals surface area contributed by atoms with E-state index in [0.29, 0.717) is 5.56 Å². The van der Waals surface area contributed by atoms with Crippen LogP contribution in [0.5, 0.6) is 0 Å². The highest BCUT2D eigenvalue weighted by Gasteiger charge is 2.16. The third kappa shape index (κ3) is 2.57. The summed E-state index contributed by atoms with van der Waals surface area (Å²) in [4.78, 5) is 5.14. The maximum Gasteiger partial charge on any atom is 0.172 e. The van der Waals surface area contributed by atoms with Crippen molar-refractivity contribution in [2.45, 2.75) is 23.0 Å². The van der Waals surface area contributed by atoms with E-state index in [9.17, 15) is 4.39 Å². The Bertz CT molecular complexity index is 539. The smallest absolute Gasteiger partial charge is 0.172 e. The van der Waals surface area contributed by atoms with Crippen molar-refractivity contribution in [2.75, 3.05) is 7.05 Å². The largest absolute Gasteiger partial charge is 0.329 e. The molecule has 2 aromatic rings. The number of nitrogens with zero attached hydrogens (tertiary/aromatic N) is 2. The van der Waals surface area contributed by atoms with Gasteiger partial charge in [0.25, 0.3) is 0 Å². The van der Waals surface area contributed by atoms with Crippen LogP contribution >= 0.6 is 11.8 Å². The molecule has 1 N–H and O–H groups in total. The lowest BCUT2D eigenvalue weighted by Gasteiger charge is -2.16. The summed E-state index contributed by atoms with van der Waals surface area (Å²) in [5.41, 5.74) is 0.688. The molecule has 1 unspecified atom stereocenters. The van der Waals surface area contributed by atoms with Crippen LogP contribution in [-0.4, -0.2) is 16.6 Å². The number of aryl methyl sites for hydroxylation is 1. The van der Waals surface area contributed by atoms with Gasteiger partial charge in [0.05, 0.1) is 0 Å². The Morgan fingerprint density at radius 1 is 1.44 bits per heavy atom. The maximum absolute atomic E-state index is 13.9. The van der Waals surface area contributed by atoms with Gasteiger partial charge in [0.15, 0.2) is 5.16 Å². The highest BCUT2D eigenvalue weighted by Crippen LogP contribution is 2.33. The van der Waals surface area contributed by atoms with Gasteiger partial charge in [-0.1, -0.05) is 17.8 Å². The van der Waals surface area contributed by atoms with Crippen LogP contribution in [0, 0.1) is 5.82 Å². The van der Waals surface area contributed by atoms with Crippen LogP contribution in [0.4, 0.5) is 4.39 Å². The molecule has 5 heteroatoms. The van der Waals surface area contributed by atoms with Crippen molar-refractivity contribution in [3.63, 3.8) is 0 Å². The number of hydrogen-bond acceptors (Lipinski definition) is 3. The van der Waals surface area contributed by atoms with Crippen molar-refractivity contribution >= 4 is 11.8 Å². The molecule has 0 aliphatic heterocycles. The fraction of sp³-hybridized carbons (Fsp3) is 0.308. The maximum atomic E-state index is 13.9. The van der Waals surface area contributed by atoms with Crippen molar-refractivity contribution in [2.24, 2.45) is 7.05 Å². The molecule has 1 atom stereocenters. The van der Waals surface area contributed by atoms with Gasteiger partial charge in [0.2, 0.25) is 0 Å². The molecular weight excluding hydrogens is 249 g/mol. The molecule has 18 heavy (non-hydrogen) atoms. The first-order chi connectivity index (χ1) is 8.63. The normalized spacial score (nSPS) is 12.7. The Morgan fingerprint density at radius 2 is 2.22 bits per heavy atom. The summed E-state index contributed by atoms with van der Waals surface area (Å²) in [6.45, 7) is 1.95. The molecule has 0 aliphatic carbocycles. The number of nitrogens with one attached hydrogen (secondary N) is 1. The molecule has 1 aromatic heterocycles. The van der Waals surface area contributed by atoms with Gasteiger partial charge in [-0.2, -0.15) is 0 Å². The monoisotopic (exact) mass is 265 g/mol. The second kappa shape index (κ2) is 5.54. The van der Waals surface area contributed by atoms with Crippen LogP contribution in [0.3, 0.4) is 0 Å². The lowest BCUT2D eigenvalue weighted by Crippen LogP contribution is -2.15. The molecule has 1 aromatic carbocycles. The molecule has 2 rings (SSSR count). The molecule has 0 bridgehead atoms. The molecular formula is C13H16FN3S. The molecule has 96 valence electrons. The topological polar surface area (TPSA) is 29.9 Å². The average Bonchev–Trinajstić information content (AvgIpc) is 2.74. The second-order valence-corrected chi connectivity index (χ2v) is 5.09. The minimum Gasteiger partial charge on any atom is -0.329 e. The van der Waals surface area contributed by atoms with Gasteiger partial charge in [-0.15, -0.1) is 0 Å². The molecule has 0 spiro atoms. The molecule has 0 saturated heterocycles. The zero-order valence-electron chi connectivity index (χ0n) is 10.6. The lowest BCUT2D eigenvalue weighted by molar-refractivity contribution is 0.552. The van der Waals surface area contributed by atoms with E-state index >= 15 is 0 Å². The van der Waals surface area contributed by atoms with Gasteiger partial charge in [0, 0.05) is 35.9 Å². The van der Waals surface area contributed by atoms with Crippen LogP contribution in [0.15, 0.2) is 40.6 Å². The summed E-state index contributed by atoms with van der Waals surface area (Å²) in [5.74, 6) is -0.184. The molecule has 1 heterocycles. The Kier molecular flexibility index (Phi) is 4.04. The van der Waals surface area contributed by atoms with Gasteiger partial charge < -0.3 is 9.88 Å². The first-order valence-corrected chi connectivity index (χ1v) is 6.56. The zero-order valence-corrected chi connectivity index (χ0v) is 11.5. The molecule has 0 radical (unpaired) electrons. The molecule has 3 nitrogen and oxygen atoms in total. The average molecular weight is 265 g/mol. The second-order valence-electron chi connectivity index (χ2n) is 4.08. The van der Waals surface area contributed by atoms with Crippen molar-refractivity contribution in [1.82, 2.24) is 14.9 Å².